The van der Waals surface area contributed by atoms with Crippen molar-refractivity contribution < 1.29 is 28.2 Å². The summed E-state index contributed by atoms with van der Waals surface area (Å²) in [5.41, 5.74) is 0.00634. The molecule has 0 spiro atoms. The van der Waals surface area contributed by atoms with Crippen LogP contribution >= 0.6 is 0 Å². The summed E-state index contributed by atoms with van der Waals surface area (Å²) in [6, 6.07) is 3.63. The minimum Gasteiger partial charge on any atom is -0.450 e. The lowest BCUT2D eigenvalue weighted by molar-refractivity contribution is -0.150. The molecule has 0 atom stereocenters. The number of halogens is 1. The minimum absolute atomic E-state index is 0.112. The number of aldehydes is 1. The van der Waals surface area contributed by atoms with Crippen LogP contribution in [0.1, 0.15) is 17.3 Å². The van der Waals surface area contributed by atoms with Crippen LogP contribution in [-0.4, -0.2) is 24.8 Å². The number of hydrogen-bond acceptors (Lipinski definition) is 5. The first kappa shape index (κ1) is 14.6. The number of rotatable bonds is 5. The molecule has 0 aliphatic carbocycles. The van der Waals surface area contributed by atoms with Crippen molar-refractivity contribution in [2.24, 2.45) is 0 Å². The molecule has 19 heavy (non-hydrogen) atoms. The summed E-state index contributed by atoms with van der Waals surface area (Å²) in [7, 11) is 0. The molecule has 0 saturated carbocycles. The number of benzene rings is 1. The Hall–Kier alpha value is -2.50. The van der Waals surface area contributed by atoms with Gasteiger partial charge in [0.05, 0.1) is 5.56 Å². The maximum absolute atomic E-state index is 13.4. The largest absolute Gasteiger partial charge is 0.450 e. The van der Waals surface area contributed by atoms with Crippen LogP contribution < -0.4 is 4.74 Å². The van der Waals surface area contributed by atoms with E-state index in [0.29, 0.717) is 6.29 Å². The van der Waals surface area contributed by atoms with Gasteiger partial charge in [-0.2, -0.15) is 0 Å². The average Bonchev–Trinajstić information content (AvgIpc) is 2.38. The van der Waals surface area contributed by atoms with E-state index < -0.39 is 30.1 Å². The zero-order valence-corrected chi connectivity index (χ0v) is 10.1. The van der Waals surface area contributed by atoms with E-state index >= 15 is 0 Å². The zero-order valence-electron chi connectivity index (χ0n) is 10.1. The highest BCUT2D eigenvalue weighted by molar-refractivity contribution is 5.89. The molecule has 0 aliphatic heterocycles. The Kier molecular flexibility index (Phi) is 4.93. The monoisotopic (exact) mass is 266 g/mol. The Balaban J connectivity index is 2.70. The van der Waals surface area contributed by atoms with Crippen molar-refractivity contribution in [1.82, 2.24) is 0 Å². The molecule has 0 heterocycles. The molecular weight excluding hydrogens is 255 g/mol. The van der Waals surface area contributed by atoms with Crippen LogP contribution in [0.5, 0.6) is 5.75 Å². The smallest absolute Gasteiger partial charge is 0.349 e. The topological polar surface area (TPSA) is 69.7 Å². The fraction of sp³-hybridized carbons (Fsp3) is 0.154. The average molecular weight is 266 g/mol. The molecule has 1 aromatic carbocycles. The summed E-state index contributed by atoms with van der Waals surface area (Å²) in [5.74, 6) is -3.11. The van der Waals surface area contributed by atoms with Crippen molar-refractivity contribution in [1.29, 1.82) is 0 Å². The van der Waals surface area contributed by atoms with E-state index in [1.54, 1.807) is 0 Å². The van der Waals surface area contributed by atoms with Gasteiger partial charge in [-0.1, -0.05) is 12.6 Å². The fourth-order valence-electron chi connectivity index (χ4n) is 1.12. The molecule has 0 radical (unpaired) electrons. The Morgan fingerprint density at radius 2 is 2.11 bits per heavy atom. The van der Waals surface area contributed by atoms with Gasteiger partial charge in [-0.05, 0) is 19.1 Å². The second kappa shape index (κ2) is 6.44. The van der Waals surface area contributed by atoms with Crippen molar-refractivity contribution in [3.05, 3.63) is 41.7 Å². The summed E-state index contributed by atoms with van der Waals surface area (Å²) < 4.78 is 22.5. The van der Waals surface area contributed by atoms with E-state index in [0.717, 1.165) is 6.07 Å². The van der Waals surface area contributed by atoms with E-state index in [2.05, 4.69) is 16.1 Å². The maximum Gasteiger partial charge on any atom is 0.349 e. The van der Waals surface area contributed by atoms with Gasteiger partial charge in [0.1, 0.15) is 0 Å². The second-order valence-corrected chi connectivity index (χ2v) is 3.61. The number of para-hydroxylation sites is 1. The molecular formula is C13H11FO5. The first-order valence-corrected chi connectivity index (χ1v) is 5.22. The van der Waals surface area contributed by atoms with Crippen LogP contribution in [0.4, 0.5) is 4.39 Å². The van der Waals surface area contributed by atoms with E-state index in [4.69, 9.17) is 0 Å². The first-order valence-electron chi connectivity index (χ1n) is 5.22. The molecule has 6 heteroatoms. The molecule has 1 aromatic rings. The Labute approximate surface area is 108 Å². The Bertz CT molecular complexity index is 536. The van der Waals surface area contributed by atoms with Crippen LogP contribution in [0.25, 0.3) is 0 Å². The number of esters is 2. The Morgan fingerprint density at radius 3 is 2.68 bits per heavy atom. The van der Waals surface area contributed by atoms with E-state index in [1.807, 2.05) is 0 Å². The van der Waals surface area contributed by atoms with Gasteiger partial charge < -0.3 is 9.47 Å². The lowest BCUT2D eigenvalue weighted by atomic mass is 10.2. The summed E-state index contributed by atoms with van der Waals surface area (Å²) in [6.07, 6.45) is 0.353. The lowest BCUT2D eigenvalue weighted by Gasteiger charge is -2.08. The molecule has 0 aliphatic rings. The van der Waals surface area contributed by atoms with Crippen LogP contribution in [0, 0.1) is 5.82 Å². The fourth-order valence-corrected chi connectivity index (χ4v) is 1.12. The van der Waals surface area contributed by atoms with Gasteiger partial charge in [0.15, 0.2) is 24.5 Å². The third kappa shape index (κ3) is 4.02. The molecule has 0 amide bonds. The molecule has 100 valence electrons. The third-order valence-corrected chi connectivity index (χ3v) is 2.01. The van der Waals surface area contributed by atoms with Crippen molar-refractivity contribution in [3.63, 3.8) is 0 Å². The number of ether oxygens (including phenoxy) is 2. The molecule has 0 aromatic heterocycles. The van der Waals surface area contributed by atoms with Gasteiger partial charge in [0, 0.05) is 5.57 Å². The van der Waals surface area contributed by atoms with Gasteiger partial charge in [-0.25, -0.2) is 14.0 Å². The van der Waals surface area contributed by atoms with E-state index in [-0.39, 0.29) is 11.1 Å². The summed E-state index contributed by atoms with van der Waals surface area (Å²) in [5, 5.41) is 0. The maximum atomic E-state index is 13.4. The molecule has 0 saturated heterocycles. The second-order valence-electron chi connectivity index (χ2n) is 3.61. The van der Waals surface area contributed by atoms with Crippen LogP contribution in [0.3, 0.4) is 0 Å². The van der Waals surface area contributed by atoms with Crippen LogP contribution in [0.2, 0.25) is 0 Å². The lowest BCUT2D eigenvalue weighted by Crippen LogP contribution is -2.20. The third-order valence-electron chi connectivity index (χ3n) is 2.01. The van der Waals surface area contributed by atoms with Gasteiger partial charge >= 0.3 is 11.9 Å². The van der Waals surface area contributed by atoms with E-state index in [1.165, 1.54) is 19.1 Å². The van der Waals surface area contributed by atoms with Gasteiger partial charge in [0.25, 0.3) is 0 Å². The highest BCUT2D eigenvalue weighted by atomic mass is 19.1. The molecule has 0 bridgehead atoms. The highest BCUT2D eigenvalue weighted by Gasteiger charge is 2.15. The molecule has 0 unspecified atom stereocenters. The van der Waals surface area contributed by atoms with Crippen molar-refractivity contribution in [3.8, 4) is 5.75 Å². The number of hydrogen-bond donors (Lipinski definition) is 0. The highest BCUT2D eigenvalue weighted by Crippen LogP contribution is 2.21. The van der Waals surface area contributed by atoms with Crippen molar-refractivity contribution in [2.45, 2.75) is 6.92 Å². The van der Waals surface area contributed by atoms with Gasteiger partial charge in [-0.15, -0.1) is 0 Å². The van der Waals surface area contributed by atoms with Gasteiger partial charge in [0.2, 0.25) is 0 Å². The van der Waals surface area contributed by atoms with E-state index in [9.17, 15) is 18.8 Å². The van der Waals surface area contributed by atoms with Crippen LogP contribution in [-0.2, 0) is 14.3 Å². The predicted molar refractivity (Wildman–Crippen MR) is 63.2 cm³/mol. The van der Waals surface area contributed by atoms with Crippen molar-refractivity contribution in [2.75, 3.05) is 6.61 Å². The molecule has 1 rings (SSSR count). The van der Waals surface area contributed by atoms with Crippen LogP contribution in [0.15, 0.2) is 30.4 Å². The van der Waals surface area contributed by atoms with Crippen molar-refractivity contribution >= 4 is 18.2 Å². The first-order chi connectivity index (χ1) is 8.95. The SMILES string of the molecule is C=C(C)C(=O)OCC(=O)Oc1c(F)cccc1C=O. The normalized spacial score (nSPS) is 9.58. The predicted octanol–water partition coefficient (Wildman–Crippen LogP) is 1.66. The van der Waals surface area contributed by atoms with Gasteiger partial charge in [-0.3, -0.25) is 4.79 Å². The summed E-state index contributed by atoms with van der Waals surface area (Å²) in [6.45, 7) is 4.04. The number of carbonyl (C=O) groups is 3. The molecule has 5 nitrogen and oxygen atoms in total. The summed E-state index contributed by atoms with van der Waals surface area (Å²) >= 11 is 0. The number of carbonyl (C=O) groups excluding carboxylic acids is 3. The molecule has 0 fully saturated rings. The summed E-state index contributed by atoms with van der Waals surface area (Å²) in [4.78, 5) is 33.0. The molecule has 0 N–H and O–H groups in total. The standard InChI is InChI=1S/C13H11FO5/c1-8(2)13(17)18-7-11(16)19-12-9(6-15)4-3-5-10(12)14/h3-6H,1,7H2,2H3. The quantitative estimate of drug-likeness (QED) is 0.351. The zero-order chi connectivity index (χ0) is 14.4. The minimum atomic E-state index is -0.997. The Morgan fingerprint density at radius 1 is 1.42 bits per heavy atom.